The summed E-state index contributed by atoms with van der Waals surface area (Å²) in [5.74, 6) is -0.407. The molecule has 0 aromatic heterocycles. The predicted octanol–water partition coefficient (Wildman–Crippen LogP) is 3.74. The zero-order valence-electron chi connectivity index (χ0n) is 11.5. The summed E-state index contributed by atoms with van der Waals surface area (Å²) in [6, 6.07) is 3.41. The van der Waals surface area contributed by atoms with Crippen LogP contribution in [0.3, 0.4) is 0 Å². The molecule has 1 heterocycles. The van der Waals surface area contributed by atoms with E-state index in [2.05, 4.69) is 0 Å². The summed E-state index contributed by atoms with van der Waals surface area (Å²) in [6.45, 7) is 3.62. The van der Waals surface area contributed by atoms with Gasteiger partial charge in [-0.25, -0.2) is 0 Å². The van der Waals surface area contributed by atoms with E-state index in [0.29, 0.717) is 34.9 Å². The Hall–Kier alpha value is -1.42. The van der Waals surface area contributed by atoms with Crippen LogP contribution < -0.4 is 9.47 Å². The fourth-order valence-electron chi connectivity index (χ4n) is 3.19. The number of fused-ring (bicyclic) bond motifs is 1. The first-order chi connectivity index (χ1) is 9.34. The van der Waals surface area contributed by atoms with Crippen molar-refractivity contribution in [2.75, 3.05) is 0 Å². The third-order valence-corrected chi connectivity index (χ3v) is 4.44. The highest BCUT2D eigenvalue weighted by molar-refractivity contribution is 6.32. The standard InChI is InChI=1S/C15H17ClO4/c1-14(2)19-11-7-9(10(16)8-12(11)20-14)15(13(17)18)5-3-4-6-15/h7-8H,3-6H2,1-2H3,(H,17,18). The molecule has 108 valence electrons. The van der Waals surface area contributed by atoms with E-state index >= 15 is 0 Å². The van der Waals surface area contributed by atoms with E-state index in [-0.39, 0.29) is 0 Å². The number of ether oxygens (including phenoxy) is 2. The van der Waals surface area contributed by atoms with Gasteiger partial charge in [0.15, 0.2) is 11.5 Å². The summed E-state index contributed by atoms with van der Waals surface area (Å²) in [5, 5.41) is 10.1. The highest BCUT2D eigenvalue weighted by Gasteiger charge is 2.45. The molecule has 2 aliphatic rings. The maximum absolute atomic E-state index is 11.8. The van der Waals surface area contributed by atoms with Gasteiger partial charge in [0.25, 0.3) is 0 Å². The lowest BCUT2D eigenvalue weighted by molar-refractivity contribution is -0.143. The molecule has 1 aromatic rings. The van der Waals surface area contributed by atoms with Gasteiger partial charge >= 0.3 is 5.97 Å². The van der Waals surface area contributed by atoms with E-state index < -0.39 is 17.2 Å². The summed E-state index contributed by atoms with van der Waals surface area (Å²) in [4.78, 5) is 11.8. The lowest BCUT2D eigenvalue weighted by Crippen LogP contribution is -2.33. The highest BCUT2D eigenvalue weighted by atomic mass is 35.5. The number of carboxylic acids is 1. The molecular weight excluding hydrogens is 280 g/mol. The van der Waals surface area contributed by atoms with Gasteiger partial charge in [0.05, 0.1) is 5.41 Å². The van der Waals surface area contributed by atoms with Crippen molar-refractivity contribution in [2.45, 2.75) is 50.7 Å². The number of rotatable bonds is 2. The number of aliphatic carboxylic acids is 1. The average Bonchev–Trinajstić information content (AvgIpc) is 2.91. The molecular formula is C15H17ClO4. The van der Waals surface area contributed by atoms with Crippen molar-refractivity contribution >= 4 is 17.6 Å². The zero-order chi connectivity index (χ0) is 14.5. The van der Waals surface area contributed by atoms with Crippen molar-refractivity contribution in [1.82, 2.24) is 0 Å². The molecule has 0 bridgehead atoms. The molecule has 0 radical (unpaired) electrons. The molecule has 0 saturated heterocycles. The van der Waals surface area contributed by atoms with Crippen LogP contribution in [0.5, 0.6) is 11.5 Å². The monoisotopic (exact) mass is 296 g/mol. The Bertz CT molecular complexity index is 573. The van der Waals surface area contributed by atoms with E-state index in [1.54, 1.807) is 12.1 Å². The molecule has 0 unspecified atom stereocenters. The largest absolute Gasteiger partial charge is 0.481 e. The quantitative estimate of drug-likeness (QED) is 0.903. The minimum Gasteiger partial charge on any atom is -0.481 e. The van der Waals surface area contributed by atoms with Crippen LogP contribution in [0.25, 0.3) is 0 Å². The van der Waals surface area contributed by atoms with Crippen molar-refractivity contribution < 1.29 is 19.4 Å². The van der Waals surface area contributed by atoms with Gasteiger partial charge in [0.1, 0.15) is 0 Å². The number of hydrogen-bond acceptors (Lipinski definition) is 3. The Morgan fingerprint density at radius 3 is 2.30 bits per heavy atom. The van der Waals surface area contributed by atoms with Crippen LogP contribution in [0.15, 0.2) is 12.1 Å². The second-order valence-corrected chi connectivity index (χ2v) is 6.38. The van der Waals surface area contributed by atoms with E-state index in [1.165, 1.54) is 0 Å². The Kier molecular flexibility index (Phi) is 2.91. The first-order valence-electron chi connectivity index (χ1n) is 6.80. The third kappa shape index (κ3) is 1.94. The van der Waals surface area contributed by atoms with E-state index in [0.717, 1.165) is 12.8 Å². The van der Waals surface area contributed by atoms with Gasteiger partial charge in [-0.15, -0.1) is 0 Å². The number of benzene rings is 1. The Morgan fingerprint density at radius 2 is 1.75 bits per heavy atom. The molecule has 20 heavy (non-hydrogen) atoms. The average molecular weight is 297 g/mol. The van der Waals surface area contributed by atoms with Gasteiger partial charge in [-0.2, -0.15) is 0 Å². The highest BCUT2D eigenvalue weighted by Crippen LogP contribution is 2.49. The molecule has 1 aliphatic heterocycles. The van der Waals surface area contributed by atoms with Crippen LogP contribution >= 0.6 is 11.6 Å². The maximum Gasteiger partial charge on any atom is 0.314 e. The van der Waals surface area contributed by atoms with Crippen molar-refractivity contribution in [3.05, 3.63) is 22.7 Å². The van der Waals surface area contributed by atoms with Crippen LogP contribution in [0.2, 0.25) is 5.02 Å². The Balaban J connectivity index is 2.10. The smallest absolute Gasteiger partial charge is 0.314 e. The molecule has 1 aromatic carbocycles. The van der Waals surface area contributed by atoms with Crippen LogP contribution in [-0.4, -0.2) is 16.9 Å². The zero-order valence-corrected chi connectivity index (χ0v) is 12.3. The maximum atomic E-state index is 11.8. The summed E-state index contributed by atoms with van der Waals surface area (Å²) in [7, 11) is 0. The number of carboxylic acid groups (broad SMARTS) is 1. The molecule has 1 aliphatic carbocycles. The second-order valence-electron chi connectivity index (χ2n) is 5.98. The minimum atomic E-state index is -0.887. The molecule has 0 atom stereocenters. The number of halogens is 1. The SMILES string of the molecule is CC1(C)Oc2cc(Cl)c(C3(C(=O)O)CCCC3)cc2O1. The summed E-state index contributed by atoms with van der Waals surface area (Å²) in [6.07, 6.45) is 3.04. The lowest BCUT2D eigenvalue weighted by atomic mass is 9.79. The fraction of sp³-hybridized carbons (Fsp3) is 0.533. The van der Waals surface area contributed by atoms with Crippen LogP contribution in [0, 0.1) is 0 Å². The predicted molar refractivity (Wildman–Crippen MR) is 74.6 cm³/mol. The summed E-state index contributed by atoms with van der Waals surface area (Å²) < 4.78 is 11.3. The fourth-order valence-corrected chi connectivity index (χ4v) is 3.52. The topological polar surface area (TPSA) is 55.8 Å². The summed E-state index contributed by atoms with van der Waals surface area (Å²) >= 11 is 6.32. The molecule has 4 nitrogen and oxygen atoms in total. The molecule has 1 N–H and O–H groups in total. The van der Waals surface area contributed by atoms with Crippen molar-refractivity contribution in [3.63, 3.8) is 0 Å². The van der Waals surface area contributed by atoms with Gasteiger partial charge in [-0.1, -0.05) is 24.4 Å². The second kappa shape index (κ2) is 4.29. The van der Waals surface area contributed by atoms with Gasteiger partial charge < -0.3 is 14.6 Å². The van der Waals surface area contributed by atoms with Crippen LogP contribution in [-0.2, 0) is 10.2 Å². The minimum absolute atomic E-state index is 0.439. The van der Waals surface area contributed by atoms with E-state index in [4.69, 9.17) is 21.1 Å². The first-order valence-corrected chi connectivity index (χ1v) is 7.17. The third-order valence-electron chi connectivity index (χ3n) is 4.13. The molecule has 3 rings (SSSR count). The molecule has 0 spiro atoms. The lowest BCUT2D eigenvalue weighted by Gasteiger charge is -2.25. The van der Waals surface area contributed by atoms with Gasteiger partial charge in [0, 0.05) is 24.9 Å². The van der Waals surface area contributed by atoms with Crippen LogP contribution in [0.1, 0.15) is 45.1 Å². The Morgan fingerprint density at radius 1 is 1.20 bits per heavy atom. The number of hydrogen-bond donors (Lipinski definition) is 1. The van der Waals surface area contributed by atoms with Crippen LogP contribution in [0.4, 0.5) is 0 Å². The van der Waals surface area contributed by atoms with Crippen molar-refractivity contribution in [3.8, 4) is 11.5 Å². The molecule has 1 fully saturated rings. The Labute approximate surface area is 122 Å². The van der Waals surface area contributed by atoms with Gasteiger partial charge in [-0.05, 0) is 24.5 Å². The van der Waals surface area contributed by atoms with Crippen molar-refractivity contribution in [2.24, 2.45) is 0 Å². The van der Waals surface area contributed by atoms with E-state index in [1.807, 2.05) is 13.8 Å². The first kappa shape index (κ1) is 13.6. The molecule has 0 amide bonds. The van der Waals surface area contributed by atoms with Gasteiger partial charge in [0.2, 0.25) is 5.79 Å². The van der Waals surface area contributed by atoms with Crippen molar-refractivity contribution in [1.29, 1.82) is 0 Å². The number of carbonyl (C=O) groups is 1. The molecule has 1 saturated carbocycles. The van der Waals surface area contributed by atoms with Gasteiger partial charge in [-0.3, -0.25) is 4.79 Å². The molecule has 5 heteroatoms. The van der Waals surface area contributed by atoms with E-state index in [9.17, 15) is 9.90 Å². The summed E-state index contributed by atoms with van der Waals surface area (Å²) in [5.41, 5.74) is -0.244. The normalized spacial score (nSPS) is 21.9.